The fourth-order valence-electron chi connectivity index (χ4n) is 1.62. The van der Waals surface area contributed by atoms with Crippen molar-refractivity contribution in [3.8, 4) is 0 Å². The van der Waals surface area contributed by atoms with E-state index in [4.69, 9.17) is 0 Å². The smallest absolute Gasteiger partial charge is 0.269 e. The van der Waals surface area contributed by atoms with Gasteiger partial charge in [-0.3, -0.25) is 9.59 Å². The molecule has 6 heteroatoms. The highest BCUT2D eigenvalue weighted by Gasteiger charge is 2.08. The van der Waals surface area contributed by atoms with Crippen molar-refractivity contribution in [2.24, 2.45) is 5.92 Å². The van der Waals surface area contributed by atoms with Crippen LogP contribution in [0.2, 0.25) is 0 Å². The van der Waals surface area contributed by atoms with E-state index in [2.05, 4.69) is 20.9 Å². The summed E-state index contributed by atoms with van der Waals surface area (Å²) in [6, 6.07) is 3.47. The Morgan fingerprint density at radius 1 is 1.24 bits per heavy atom. The van der Waals surface area contributed by atoms with E-state index in [-0.39, 0.29) is 18.2 Å². The molecule has 0 unspecified atom stereocenters. The minimum Gasteiger partial charge on any atom is -0.384 e. The summed E-state index contributed by atoms with van der Waals surface area (Å²) in [4.78, 5) is 27.4. The molecule has 0 spiro atoms. The van der Waals surface area contributed by atoms with Gasteiger partial charge in [0.15, 0.2) is 0 Å². The van der Waals surface area contributed by atoms with Gasteiger partial charge in [-0.25, -0.2) is 4.98 Å². The lowest BCUT2D eigenvalue weighted by Crippen LogP contribution is -2.32. The second-order valence-corrected chi connectivity index (χ2v) is 5.17. The van der Waals surface area contributed by atoms with Crippen LogP contribution in [0.1, 0.15) is 37.7 Å². The van der Waals surface area contributed by atoms with Crippen molar-refractivity contribution in [3.05, 3.63) is 24.0 Å². The van der Waals surface area contributed by atoms with Gasteiger partial charge in [0, 0.05) is 26.1 Å². The highest BCUT2D eigenvalue weighted by molar-refractivity contribution is 5.92. The van der Waals surface area contributed by atoms with Crippen molar-refractivity contribution < 1.29 is 9.59 Å². The molecule has 6 nitrogen and oxygen atoms in total. The topological polar surface area (TPSA) is 83.1 Å². The molecule has 0 atom stereocenters. The number of amides is 2. The summed E-state index contributed by atoms with van der Waals surface area (Å²) in [5.41, 5.74) is 1.22. The van der Waals surface area contributed by atoms with Gasteiger partial charge in [-0.05, 0) is 25.0 Å². The number of anilines is 1. The first kappa shape index (κ1) is 16.9. The molecule has 0 aliphatic rings. The summed E-state index contributed by atoms with van der Waals surface area (Å²) >= 11 is 0. The third-order valence-corrected chi connectivity index (χ3v) is 2.72. The molecular weight excluding hydrogens is 268 g/mol. The molecule has 116 valence electrons. The maximum absolute atomic E-state index is 11.8. The molecule has 0 bridgehead atoms. The molecule has 0 aromatic carbocycles. The molecule has 1 heterocycles. The average molecular weight is 292 g/mol. The minimum atomic E-state index is -0.269. The SMILES string of the molecule is CCNc1ccc(C(=O)NCCC(=O)NCC(C)C)nc1. The van der Waals surface area contributed by atoms with Crippen LogP contribution in [0.15, 0.2) is 18.3 Å². The molecule has 3 N–H and O–H groups in total. The van der Waals surface area contributed by atoms with E-state index in [0.29, 0.717) is 24.7 Å². The highest BCUT2D eigenvalue weighted by atomic mass is 16.2. The van der Waals surface area contributed by atoms with Gasteiger partial charge < -0.3 is 16.0 Å². The molecular formula is C15H24N4O2. The monoisotopic (exact) mass is 292 g/mol. The molecule has 0 radical (unpaired) electrons. The quantitative estimate of drug-likeness (QED) is 0.676. The number of carbonyl (C=O) groups is 2. The third-order valence-electron chi connectivity index (χ3n) is 2.72. The number of hydrogen-bond acceptors (Lipinski definition) is 4. The van der Waals surface area contributed by atoms with Crippen molar-refractivity contribution in [1.82, 2.24) is 15.6 Å². The number of carbonyl (C=O) groups excluding carboxylic acids is 2. The zero-order chi connectivity index (χ0) is 15.7. The number of nitrogens with zero attached hydrogens (tertiary/aromatic N) is 1. The van der Waals surface area contributed by atoms with Crippen molar-refractivity contribution in [2.75, 3.05) is 25.0 Å². The lowest BCUT2D eigenvalue weighted by molar-refractivity contribution is -0.121. The molecule has 0 fully saturated rings. The van der Waals surface area contributed by atoms with Crippen LogP contribution in [0.5, 0.6) is 0 Å². The number of rotatable bonds is 8. The summed E-state index contributed by atoms with van der Waals surface area (Å²) in [5, 5.41) is 8.60. The Balaban J connectivity index is 2.31. The lowest BCUT2D eigenvalue weighted by atomic mass is 10.2. The maximum atomic E-state index is 11.8. The molecule has 0 aliphatic carbocycles. The van der Waals surface area contributed by atoms with Gasteiger partial charge in [-0.1, -0.05) is 13.8 Å². The van der Waals surface area contributed by atoms with Crippen LogP contribution in [0.25, 0.3) is 0 Å². The predicted molar refractivity (Wildman–Crippen MR) is 83.2 cm³/mol. The van der Waals surface area contributed by atoms with Crippen LogP contribution in [-0.4, -0.2) is 36.4 Å². The molecule has 1 aromatic heterocycles. The molecule has 0 saturated carbocycles. The summed E-state index contributed by atoms with van der Waals surface area (Å²) in [6.45, 7) is 7.82. The number of aromatic nitrogens is 1. The number of hydrogen-bond donors (Lipinski definition) is 3. The second kappa shape index (κ2) is 8.94. The van der Waals surface area contributed by atoms with Crippen LogP contribution >= 0.6 is 0 Å². The summed E-state index contributed by atoms with van der Waals surface area (Å²) in [5.74, 6) is 0.0946. The summed E-state index contributed by atoms with van der Waals surface area (Å²) in [6.07, 6.45) is 1.89. The first-order chi connectivity index (χ1) is 10.0. The second-order valence-electron chi connectivity index (χ2n) is 5.17. The van der Waals surface area contributed by atoms with Crippen LogP contribution in [0, 0.1) is 5.92 Å². The Kier molecular flexibility index (Phi) is 7.21. The Labute approximate surface area is 125 Å². The van der Waals surface area contributed by atoms with Crippen molar-refractivity contribution >= 4 is 17.5 Å². The zero-order valence-electron chi connectivity index (χ0n) is 12.9. The minimum absolute atomic E-state index is 0.0561. The summed E-state index contributed by atoms with van der Waals surface area (Å²) in [7, 11) is 0. The maximum Gasteiger partial charge on any atom is 0.269 e. The van der Waals surface area contributed by atoms with Gasteiger partial charge in [0.2, 0.25) is 5.91 Å². The van der Waals surface area contributed by atoms with Gasteiger partial charge in [0.25, 0.3) is 5.91 Å². The van der Waals surface area contributed by atoms with Gasteiger partial charge in [0.05, 0.1) is 11.9 Å². The number of pyridine rings is 1. The average Bonchev–Trinajstić information content (AvgIpc) is 2.46. The highest BCUT2D eigenvalue weighted by Crippen LogP contribution is 2.05. The Morgan fingerprint density at radius 3 is 2.57 bits per heavy atom. The van der Waals surface area contributed by atoms with Gasteiger partial charge in [0.1, 0.15) is 5.69 Å². The predicted octanol–water partition coefficient (Wildman–Crippen LogP) is 1.41. The van der Waals surface area contributed by atoms with Crippen molar-refractivity contribution in [1.29, 1.82) is 0 Å². The normalized spacial score (nSPS) is 10.3. The van der Waals surface area contributed by atoms with E-state index < -0.39 is 0 Å². The van der Waals surface area contributed by atoms with Crippen LogP contribution in [0.3, 0.4) is 0 Å². The van der Waals surface area contributed by atoms with Crippen molar-refractivity contribution in [3.63, 3.8) is 0 Å². The fourth-order valence-corrected chi connectivity index (χ4v) is 1.62. The van der Waals surface area contributed by atoms with Crippen LogP contribution < -0.4 is 16.0 Å². The molecule has 0 saturated heterocycles. The lowest BCUT2D eigenvalue weighted by Gasteiger charge is -2.08. The van der Waals surface area contributed by atoms with Crippen LogP contribution in [-0.2, 0) is 4.79 Å². The van der Waals surface area contributed by atoms with E-state index in [1.54, 1.807) is 18.3 Å². The van der Waals surface area contributed by atoms with E-state index in [9.17, 15) is 9.59 Å². The Hall–Kier alpha value is -2.11. The standard InChI is InChI=1S/C15H24N4O2/c1-4-16-12-5-6-13(18-10-12)15(21)17-8-7-14(20)19-9-11(2)3/h5-6,10-11,16H,4,7-9H2,1-3H3,(H,17,21)(H,19,20). The summed E-state index contributed by atoms with van der Waals surface area (Å²) < 4.78 is 0. The number of nitrogens with one attached hydrogen (secondary N) is 3. The van der Waals surface area contributed by atoms with Gasteiger partial charge in [-0.15, -0.1) is 0 Å². The van der Waals surface area contributed by atoms with Gasteiger partial charge >= 0.3 is 0 Å². The molecule has 21 heavy (non-hydrogen) atoms. The molecule has 1 rings (SSSR count). The first-order valence-electron chi connectivity index (χ1n) is 7.27. The Morgan fingerprint density at radius 2 is 2.00 bits per heavy atom. The van der Waals surface area contributed by atoms with Crippen LogP contribution in [0.4, 0.5) is 5.69 Å². The van der Waals surface area contributed by atoms with Gasteiger partial charge in [-0.2, -0.15) is 0 Å². The fraction of sp³-hybridized carbons (Fsp3) is 0.533. The molecule has 2 amide bonds. The van der Waals surface area contributed by atoms with Crippen molar-refractivity contribution in [2.45, 2.75) is 27.2 Å². The molecule has 0 aliphatic heterocycles. The largest absolute Gasteiger partial charge is 0.384 e. The van der Waals surface area contributed by atoms with E-state index in [0.717, 1.165) is 12.2 Å². The third kappa shape index (κ3) is 6.74. The zero-order valence-corrected chi connectivity index (χ0v) is 12.9. The Bertz CT molecular complexity index is 457. The van der Waals surface area contributed by atoms with E-state index >= 15 is 0 Å². The molecule has 1 aromatic rings. The van der Waals surface area contributed by atoms with E-state index in [1.807, 2.05) is 20.8 Å². The first-order valence-corrected chi connectivity index (χ1v) is 7.27. The van der Waals surface area contributed by atoms with E-state index in [1.165, 1.54) is 0 Å².